The average Bonchev–Trinajstić information content (AvgIpc) is 3.34. The Morgan fingerprint density at radius 3 is 1.22 bits per heavy atom. The van der Waals surface area contributed by atoms with Gasteiger partial charge in [0, 0.05) is 6.42 Å². The van der Waals surface area contributed by atoms with Crippen molar-refractivity contribution in [2.24, 2.45) is 0 Å². The van der Waals surface area contributed by atoms with Crippen molar-refractivity contribution in [3.8, 4) is 0 Å². The second kappa shape index (κ2) is 54.0. The zero-order chi connectivity index (χ0) is 52.7. The Morgan fingerprint density at radius 1 is 0.486 bits per heavy atom. The van der Waals surface area contributed by atoms with Gasteiger partial charge in [0.25, 0.3) is 0 Å². The second-order valence-corrected chi connectivity index (χ2v) is 23.5. The van der Waals surface area contributed by atoms with E-state index in [1.165, 1.54) is 186 Å². The topological polar surface area (TPSA) is 105 Å². The predicted octanol–water partition coefficient (Wildman–Crippen LogP) is 18.9. The number of nitrogens with zero attached hydrogens (tertiary/aromatic N) is 1. The predicted molar refractivity (Wildman–Crippen MR) is 314 cm³/mol. The standard InChI is InChI=1S/C63H119N2O6P/c1-6-8-10-12-14-16-18-20-21-22-23-24-25-26-27-28-29-30-31-32-33-34-35-36-37-38-39-40-41-42-43-45-47-49-51-53-55-57-63(67)64-61(60-71-72(68,69)70-59-58-65(3,4)5)62(66)56-54-52-50-48-46-44-19-17-15-13-11-9-7-2/h8,10,14,16,20-21,23-24,26-27,61-62,66H,6-7,9,11-13,15,17-19,22,25,28-60H2,1-5H3,(H-,64,67,68,69)/p+1/b10-8-,16-14-,21-20-,24-23-,27-26-. The van der Waals surface area contributed by atoms with Gasteiger partial charge in [-0.2, -0.15) is 0 Å². The van der Waals surface area contributed by atoms with Gasteiger partial charge in [-0.3, -0.25) is 13.8 Å². The van der Waals surface area contributed by atoms with Gasteiger partial charge < -0.3 is 19.8 Å². The Bertz CT molecular complexity index is 1360. The van der Waals surface area contributed by atoms with Crippen LogP contribution in [0.2, 0.25) is 0 Å². The number of carbonyl (C=O) groups is 1. The van der Waals surface area contributed by atoms with Crippen LogP contribution in [0.3, 0.4) is 0 Å². The van der Waals surface area contributed by atoms with Gasteiger partial charge in [0.05, 0.1) is 39.9 Å². The molecule has 0 fully saturated rings. The lowest BCUT2D eigenvalue weighted by Crippen LogP contribution is -2.46. The Hall–Kier alpha value is -1.80. The highest BCUT2D eigenvalue weighted by Crippen LogP contribution is 2.43. The summed E-state index contributed by atoms with van der Waals surface area (Å²) < 4.78 is 23.8. The van der Waals surface area contributed by atoms with Crippen LogP contribution in [0, 0.1) is 0 Å². The molecule has 0 saturated heterocycles. The van der Waals surface area contributed by atoms with Crippen molar-refractivity contribution in [3.63, 3.8) is 0 Å². The molecule has 72 heavy (non-hydrogen) atoms. The number of nitrogens with one attached hydrogen (secondary N) is 1. The first-order chi connectivity index (χ1) is 35.0. The van der Waals surface area contributed by atoms with E-state index < -0.39 is 20.0 Å². The van der Waals surface area contributed by atoms with E-state index in [0.29, 0.717) is 23.9 Å². The number of aliphatic hydroxyl groups is 1. The van der Waals surface area contributed by atoms with E-state index in [2.05, 4.69) is 79.9 Å². The van der Waals surface area contributed by atoms with Crippen molar-refractivity contribution >= 4 is 13.7 Å². The number of quaternary nitrogens is 1. The molecule has 8 nitrogen and oxygen atoms in total. The molecular weight excluding hydrogens is 912 g/mol. The van der Waals surface area contributed by atoms with E-state index in [9.17, 15) is 19.4 Å². The second-order valence-electron chi connectivity index (χ2n) is 22.1. The van der Waals surface area contributed by atoms with Crippen molar-refractivity contribution in [2.45, 2.75) is 296 Å². The molecule has 0 aromatic carbocycles. The first-order valence-electron chi connectivity index (χ1n) is 30.7. The molecule has 0 aliphatic heterocycles. The van der Waals surface area contributed by atoms with Gasteiger partial charge in [-0.25, -0.2) is 4.57 Å². The molecule has 1 amide bonds. The third kappa shape index (κ3) is 55.9. The maximum absolute atomic E-state index is 13.0. The number of allylic oxidation sites excluding steroid dienone is 10. The minimum Gasteiger partial charge on any atom is -0.391 e. The molecule has 3 unspecified atom stereocenters. The molecule has 0 heterocycles. The summed E-state index contributed by atoms with van der Waals surface area (Å²) in [6, 6.07) is -0.759. The number of amides is 1. The Morgan fingerprint density at radius 2 is 0.833 bits per heavy atom. The van der Waals surface area contributed by atoms with E-state index in [1.807, 2.05) is 21.1 Å². The van der Waals surface area contributed by atoms with Crippen molar-refractivity contribution < 1.29 is 32.9 Å². The molecule has 0 aliphatic rings. The van der Waals surface area contributed by atoms with Gasteiger partial charge in [-0.05, 0) is 57.8 Å². The van der Waals surface area contributed by atoms with Gasteiger partial charge in [0.1, 0.15) is 13.2 Å². The number of hydrogen-bond acceptors (Lipinski definition) is 5. The molecule has 3 N–H and O–H groups in total. The summed E-state index contributed by atoms with van der Waals surface area (Å²) in [5.74, 6) is -0.141. The molecular formula is C63H120N2O6P+. The van der Waals surface area contributed by atoms with E-state index in [0.717, 1.165) is 70.6 Å². The Kier molecular flexibility index (Phi) is 52.7. The molecule has 3 atom stereocenters. The third-order valence-electron chi connectivity index (χ3n) is 13.8. The van der Waals surface area contributed by atoms with Crippen LogP contribution in [-0.4, -0.2) is 73.4 Å². The molecule has 0 aromatic heterocycles. The van der Waals surface area contributed by atoms with E-state index in [1.54, 1.807) is 0 Å². The minimum absolute atomic E-state index is 0.0755. The first-order valence-corrected chi connectivity index (χ1v) is 32.1. The van der Waals surface area contributed by atoms with Crippen LogP contribution in [-0.2, 0) is 18.4 Å². The fourth-order valence-corrected chi connectivity index (χ4v) is 9.75. The quantitative estimate of drug-likeness (QED) is 0.0243. The molecule has 0 bridgehead atoms. The average molecular weight is 1030 g/mol. The molecule has 0 aliphatic carbocycles. The van der Waals surface area contributed by atoms with Crippen LogP contribution in [0.4, 0.5) is 0 Å². The lowest BCUT2D eigenvalue weighted by Gasteiger charge is -2.26. The number of phosphoric ester groups is 1. The van der Waals surface area contributed by atoms with Gasteiger partial charge in [-0.15, -0.1) is 0 Å². The number of rotatable bonds is 56. The Balaban J connectivity index is 3.91. The SMILES string of the molecule is CC/C=C\C/C=C\C/C=C\C/C=C\C/C=C\CCCCCCCCCCCCCCCCCCCCCCCC(=O)NC(COP(=O)(O)OCC[N+](C)(C)C)C(O)CCCCCCCCCCCCCCC. The molecule has 0 spiro atoms. The van der Waals surface area contributed by atoms with Crippen LogP contribution in [0.1, 0.15) is 284 Å². The summed E-state index contributed by atoms with van der Waals surface area (Å²) in [5.41, 5.74) is 0. The summed E-state index contributed by atoms with van der Waals surface area (Å²) in [4.78, 5) is 23.3. The zero-order valence-corrected chi connectivity index (χ0v) is 49.1. The number of phosphoric acid groups is 1. The first kappa shape index (κ1) is 70.2. The zero-order valence-electron chi connectivity index (χ0n) is 48.2. The molecule has 0 radical (unpaired) electrons. The third-order valence-corrected chi connectivity index (χ3v) is 14.8. The maximum Gasteiger partial charge on any atom is 0.472 e. The summed E-state index contributed by atoms with van der Waals surface area (Å²) in [7, 11) is 1.62. The van der Waals surface area contributed by atoms with E-state index in [4.69, 9.17) is 9.05 Å². The number of unbranched alkanes of at least 4 members (excludes halogenated alkanes) is 33. The van der Waals surface area contributed by atoms with Crippen LogP contribution in [0.25, 0.3) is 0 Å². The summed E-state index contributed by atoms with van der Waals surface area (Å²) in [6.45, 7) is 4.79. The van der Waals surface area contributed by atoms with Gasteiger partial charge in [-0.1, -0.05) is 280 Å². The van der Waals surface area contributed by atoms with E-state index in [-0.39, 0.29) is 19.1 Å². The van der Waals surface area contributed by atoms with Crippen molar-refractivity contribution in [1.82, 2.24) is 5.32 Å². The van der Waals surface area contributed by atoms with Crippen molar-refractivity contribution in [1.29, 1.82) is 0 Å². The molecule has 422 valence electrons. The molecule has 0 saturated carbocycles. The van der Waals surface area contributed by atoms with Crippen LogP contribution in [0.15, 0.2) is 60.8 Å². The Labute approximate surface area is 447 Å². The lowest BCUT2D eigenvalue weighted by molar-refractivity contribution is -0.870. The summed E-state index contributed by atoms with van der Waals surface area (Å²) >= 11 is 0. The fraction of sp³-hybridized carbons (Fsp3) is 0.825. The van der Waals surface area contributed by atoms with E-state index >= 15 is 0 Å². The van der Waals surface area contributed by atoms with Crippen molar-refractivity contribution in [3.05, 3.63) is 60.8 Å². The number of likely N-dealkylation sites (N-methyl/N-ethyl adjacent to an activating group) is 1. The monoisotopic (exact) mass is 1030 g/mol. The number of hydrogen-bond donors (Lipinski definition) is 3. The normalized spacial score (nSPS) is 14.3. The summed E-state index contributed by atoms with van der Waals surface area (Å²) in [6.07, 6.45) is 73.0. The molecule has 0 aromatic rings. The number of aliphatic hydroxyl groups excluding tert-OH is 1. The highest BCUT2D eigenvalue weighted by Gasteiger charge is 2.28. The van der Waals surface area contributed by atoms with Gasteiger partial charge >= 0.3 is 7.82 Å². The highest BCUT2D eigenvalue weighted by atomic mass is 31.2. The van der Waals surface area contributed by atoms with Crippen LogP contribution in [0.5, 0.6) is 0 Å². The molecule has 0 rings (SSSR count). The maximum atomic E-state index is 13.0. The van der Waals surface area contributed by atoms with Gasteiger partial charge in [0.2, 0.25) is 5.91 Å². The smallest absolute Gasteiger partial charge is 0.391 e. The molecule has 9 heteroatoms. The summed E-state index contributed by atoms with van der Waals surface area (Å²) in [5, 5.41) is 14.0. The number of carbonyl (C=O) groups excluding carboxylic acids is 1. The fourth-order valence-electron chi connectivity index (χ4n) is 9.02. The van der Waals surface area contributed by atoms with Crippen molar-refractivity contribution in [2.75, 3.05) is 40.9 Å². The lowest BCUT2D eigenvalue weighted by atomic mass is 10.0. The largest absolute Gasteiger partial charge is 0.472 e. The highest BCUT2D eigenvalue weighted by molar-refractivity contribution is 7.47. The van der Waals surface area contributed by atoms with Crippen LogP contribution < -0.4 is 5.32 Å². The van der Waals surface area contributed by atoms with Crippen LogP contribution >= 0.6 is 7.82 Å². The van der Waals surface area contributed by atoms with Gasteiger partial charge in [0.15, 0.2) is 0 Å². The minimum atomic E-state index is -4.32.